The summed E-state index contributed by atoms with van der Waals surface area (Å²) in [6.07, 6.45) is 6.94. The van der Waals surface area contributed by atoms with E-state index in [0.717, 1.165) is 38.6 Å². The lowest BCUT2D eigenvalue weighted by molar-refractivity contribution is -0.138. The number of nitrogens with zero attached hydrogens (tertiary/aromatic N) is 6. The van der Waals surface area contributed by atoms with Crippen molar-refractivity contribution >= 4 is 5.95 Å². The number of piperazine rings is 1. The molecule has 0 N–H and O–H groups in total. The van der Waals surface area contributed by atoms with Crippen LogP contribution >= 0.6 is 0 Å². The predicted octanol–water partition coefficient (Wildman–Crippen LogP) is 3.91. The molecule has 0 atom stereocenters. The molecular formula is C22H27F3N6O. The average Bonchev–Trinajstić information content (AvgIpc) is 2.84. The van der Waals surface area contributed by atoms with Crippen LogP contribution in [0.1, 0.15) is 43.2 Å². The van der Waals surface area contributed by atoms with Gasteiger partial charge in [0.2, 0.25) is 5.95 Å². The predicted molar refractivity (Wildman–Crippen MR) is 113 cm³/mol. The van der Waals surface area contributed by atoms with Gasteiger partial charge in [0.1, 0.15) is 17.4 Å². The molecule has 1 saturated heterocycles. The molecule has 0 unspecified atom stereocenters. The second kappa shape index (κ2) is 11.1. The van der Waals surface area contributed by atoms with E-state index >= 15 is 0 Å². The summed E-state index contributed by atoms with van der Waals surface area (Å²) in [5.74, 6) is 0.966. The van der Waals surface area contributed by atoms with Crippen LogP contribution in [0.2, 0.25) is 0 Å². The van der Waals surface area contributed by atoms with Gasteiger partial charge in [-0.2, -0.15) is 18.4 Å². The third kappa shape index (κ3) is 6.29. The summed E-state index contributed by atoms with van der Waals surface area (Å²) in [6, 6.07) is 4.29. The Kier molecular flexibility index (Phi) is 8.22. The van der Waals surface area contributed by atoms with Gasteiger partial charge < -0.3 is 9.64 Å². The molecule has 0 spiro atoms. The van der Waals surface area contributed by atoms with Crippen molar-refractivity contribution in [3.05, 3.63) is 42.0 Å². The first kappa shape index (κ1) is 23.7. The van der Waals surface area contributed by atoms with E-state index in [4.69, 9.17) is 10.00 Å². The van der Waals surface area contributed by atoms with Gasteiger partial charge in [0.15, 0.2) is 0 Å². The minimum Gasteiger partial charge on any atom is -0.495 e. The zero-order valence-electron chi connectivity index (χ0n) is 18.1. The SMILES string of the molecule is COc1ccncc1C#N.FC(F)(F)c1cnc(N2CCN(C3CCCCC3)CC2)nc1. The van der Waals surface area contributed by atoms with Crippen LogP contribution in [0.4, 0.5) is 19.1 Å². The summed E-state index contributed by atoms with van der Waals surface area (Å²) >= 11 is 0. The van der Waals surface area contributed by atoms with Crippen molar-refractivity contribution in [2.75, 3.05) is 38.2 Å². The van der Waals surface area contributed by atoms with Gasteiger partial charge in [-0.1, -0.05) is 19.3 Å². The Labute approximate surface area is 185 Å². The van der Waals surface area contributed by atoms with Crippen LogP contribution in [-0.4, -0.2) is 59.2 Å². The van der Waals surface area contributed by atoms with Gasteiger partial charge in [-0.3, -0.25) is 9.88 Å². The van der Waals surface area contributed by atoms with Gasteiger partial charge in [-0.05, 0) is 18.9 Å². The molecule has 172 valence electrons. The van der Waals surface area contributed by atoms with Crippen molar-refractivity contribution in [1.29, 1.82) is 5.26 Å². The molecule has 3 heterocycles. The van der Waals surface area contributed by atoms with E-state index in [2.05, 4.69) is 19.9 Å². The summed E-state index contributed by atoms with van der Waals surface area (Å²) in [5, 5.41) is 8.48. The molecule has 4 rings (SSSR count). The Balaban J connectivity index is 0.000000243. The molecule has 10 heteroatoms. The highest BCUT2D eigenvalue weighted by molar-refractivity contribution is 5.39. The summed E-state index contributed by atoms with van der Waals surface area (Å²) in [6.45, 7) is 3.44. The van der Waals surface area contributed by atoms with Crippen LogP contribution in [0.25, 0.3) is 0 Å². The topological polar surface area (TPSA) is 78.2 Å². The number of ether oxygens (including phenoxy) is 1. The van der Waals surface area contributed by atoms with E-state index in [-0.39, 0.29) is 0 Å². The Morgan fingerprint density at radius 1 is 1.03 bits per heavy atom. The van der Waals surface area contributed by atoms with Gasteiger partial charge in [0.05, 0.1) is 12.7 Å². The van der Waals surface area contributed by atoms with Crippen LogP contribution in [0, 0.1) is 11.3 Å². The Morgan fingerprint density at radius 2 is 1.69 bits per heavy atom. The van der Waals surface area contributed by atoms with E-state index in [1.54, 1.807) is 12.3 Å². The number of alkyl halides is 3. The van der Waals surface area contributed by atoms with Gasteiger partial charge in [-0.25, -0.2) is 9.97 Å². The number of rotatable bonds is 3. The molecule has 2 fully saturated rings. The number of anilines is 1. The third-order valence-corrected chi connectivity index (χ3v) is 5.78. The van der Waals surface area contributed by atoms with Crippen LogP contribution in [0.3, 0.4) is 0 Å². The fourth-order valence-electron chi connectivity index (χ4n) is 4.01. The molecule has 2 aromatic heterocycles. The average molecular weight is 448 g/mol. The zero-order valence-corrected chi connectivity index (χ0v) is 18.1. The molecule has 1 saturated carbocycles. The zero-order chi connectivity index (χ0) is 23.0. The highest BCUT2D eigenvalue weighted by Gasteiger charge is 2.32. The molecule has 1 aliphatic heterocycles. The summed E-state index contributed by atoms with van der Waals surface area (Å²) in [4.78, 5) is 16.0. The maximum absolute atomic E-state index is 12.5. The Hall–Kier alpha value is -2.93. The number of aromatic nitrogens is 3. The van der Waals surface area contributed by atoms with Gasteiger partial charge in [0, 0.05) is 57.0 Å². The quantitative estimate of drug-likeness (QED) is 0.704. The van der Waals surface area contributed by atoms with E-state index in [1.165, 1.54) is 45.4 Å². The molecule has 7 nitrogen and oxygen atoms in total. The fraction of sp³-hybridized carbons (Fsp3) is 0.545. The highest BCUT2D eigenvalue weighted by Crippen LogP contribution is 2.29. The molecule has 2 aromatic rings. The second-order valence-electron chi connectivity index (χ2n) is 7.77. The van der Waals surface area contributed by atoms with E-state index in [9.17, 15) is 13.2 Å². The van der Waals surface area contributed by atoms with Crippen LogP contribution < -0.4 is 9.64 Å². The minimum atomic E-state index is -4.38. The maximum atomic E-state index is 12.5. The first-order valence-electron chi connectivity index (χ1n) is 10.7. The molecule has 0 aromatic carbocycles. The van der Waals surface area contributed by atoms with E-state index in [1.807, 2.05) is 11.0 Å². The Bertz CT molecular complexity index is 886. The number of halogens is 3. The van der Waals surface area contributed by atoms with Gasteiger partial charge in [0.25, 0.3) is 0 Å². The normalized spacial score (nSPS) is 17.8. The standard InChI is InChI=1S/C15H21F3N4.C7H6N2O/c16-15(17,18)12-10-19-14(20-11-12)22-8-6-21(7-9-22)13-4-2-1-3-5-13;1-10-7-2-3-9-5-6(7)4-8/h10-11,13H,1-9H2;2-3,5H,1H3. The largest absolute Gasteiger partial charge is 0.495 e. The number of methoxy groups -OCH3 is 1. The third-order valence-electron chi connectivity index (χ3n) is 5.78. The lowest BCUT2D eigenvalue weighted by Gasteiger charge is -2.40. The first-order valence-corrected chi connectivity index (χ1v) is 10.7. The number of hydrogen-bond donors (Lipinski definition) is 0. The molecule has 2 aliphatic rings. The van der Waals surface area contributed by atoms with Crippen molar-refractivity contribution in [3.63, 3.8) is 0 Å². The van der Waals surface area contributed by atoms with Crippen LogP contribution in [0.15, 0.2) is 30.9 Å². The molecule has 1 aliphatic carbocycles. The minimum absolute atomic E-state index is 0.399. The molecule has 0 bridgehead atoms. The molecule has 0 radical (unpaired) electrons. The van der Waals surface area contributed by atoms with E-state index in [0.29, 0.717) is 23.3 Å². The van der Waals surface area contributed by atoms with Crippen molar-refractivity contribution < 1.29 is 17.9 Å². The Morgan fingerprint density at radius 3 is 2.22 bits per heavy atom. The number of pyridine rings is 1. The van der Waals surface area contributed by atoms with Gasteiger partial charge in [-0.15, -0.1) is 0 Å². The fourth-order valence-corrected chi connectivity index (χ4v) is 4.01. The van der Waals surface area contributed by atoms with Crippen LogP contribution in [0.5, 0.6) is 5.75 Å². The molecule has 32 heavy (non-hydrogen) atoms. The molecule has 0 amide bonds. The van der Waals surface area contributed by atoms with Crippen molar-refractivity contribution in [2.24, 2.45) is 0 Å². The van der Waals surface area contributed by atoms with Crippen LogP contribution in [-0.2, 0) is 6.18 Å². The van der Waals surface area contributed by atoms with Gasteiger partial charge >= 0.3 is 6.18 Å². The molecular weight excluding hydrogens is 421 g/mol. The first-order chi connectivity index (χ1) is 15.4. The lowest BCUT2D eigenvalue weighted by atomic mass is 9.94. The highest BCUT2D eigenvalue weighted by atomic mass is 19.4. The monoisotopic (exact) mass is 448 g/mol. The number of hydrogen-bond acceptors (Lipinski definition) is 7. The summed E-state index contributed by atoms with van der Waals surface area (Å²) in [7, 11) is 1.52. The van der Waals surface area contributed by atoms with Crippen molar-refractivity contribution in [2.45, 2.75) is 44.3 Å². The smallest absolute Gasteiger partial charge is 0.419 e. The maximum Gasteiger partial charge on any atom is 0.419 e. The summed E-state index contributed by atoms with van der Waals surface area (Å²) < 4.78 is 42.4. The van der Waals surface area contributed by atoms with Crippen molar-refractivity contribution in [1.82, 2.24) is 19.9 Å². The lowest BCUT2D eigenvalue weighted by Crippen LogP contribution is -2.51. The summed E-state index contributed by atoms with van der Waals surface area (Å²) in [5.41, 5.74) is -0.331. The van der Waals surface area contributed by atoms with Crippen molar-refractivity contribution in [3.8, 4) is 11.8 Å². The van der Waals surface area contributed by atoms with E-state index < -0.39 is 11.7 Å². The number of nitriles is 1. The second-order valence-corrected chi connectivity index (χ2v) is 7.77.